The van der Waals surface area contributed by atoms with Crippen molar-refractivity contribution in [3.05, 3.63) is 77.1 Å². The van der Waals surface area contributed by atoms with Gasteiger partial charge in [-0.3, -0.25) is 4.79 Å². The maximum atomic E-state index is 13.1. The number of amides is 1. The van der Waals surface area contributed by atoms with Crippen LogP contribution in [0.15, 0.2) is 65.9 Å². The van der Waals surface area contributed by atoms with Crippen molar-refractivity contribution in [2.24, 2.45) is 0 Å². The van der Waals surface area contributed by atoms with Crippen molar-refractivity contribution in [1.29, 1.82) is 0 Å². The summed E-state index contributed by atoms with van der Waals surface area (Å²) in [6.07, 6.45) is 4.24. The van der Waals surface area contributed by atoms with E-state index in [-0.39, 0.29) is 12.0 Å². The Balaban J connectivity index is 1.37. The van der Waals surface area contributed by atoms with Crippen LogP contribution in [-0.4, -0.2) is 59.6 Å². The van der Waals surface area contributed by atoms with E-state index >= 15 is 0 Å². The Bertz CT molecular complexity index is 1690. The number of ether oxygens (including phenoxy) is 3. The second kappa shape index (κ2) is 9.63. The number of rotatable bonds is 5. The summed E-state index contributed by atoms with van der Waals surface area (Å²) >= 11 is 0. The number of aromatic nitrogens is 2. The van der Waals surface area contributed by atoms with E-state index in [1.165, 1.54) is 0 Å². The first-order valence-corrected chi connectivity index (χ1v) is 13.1. The predicted molar refractivity (Wildman–Crippen MR) is 150 cm³/mol. The summed E-state index contributed by atoms with van der Waals surface area (Å²) in [5, 5.41) is 15.6. The lowest BCUT2D eigenvalue weighted by Crippen LogP contribution is -2.46. The van der Waals surface area contributed by atoms with Crippen LogP contribution in [0.2, 0.25) is 0 Å². The van der Waals surface area contributed by atoms with Gasteiger partial charge in [0.2, 0.25) is 0 Å². The zero-order valence-electron chi connectivity index (χ0n) is 22.4. The van der Waals surface area contributed by atoms with Crippen molar-refractivity contribution in [2.75, 3.05) is 20.8 Å². The second-order valence-electron chi connectivity index (χ2n) is 10.6. The normalized spacial score (nSPS) is 20.2. The topological polar surface area (TPSA) is 103 Å². The lowest BCUT2D eigenvalue weighted by Gasteiger charge is -2.38. The summed E-state index contributed by atoms with van der Waals surface area (Å²) in [4.78, 5) is 23.0. The quantitative estimate of drug-likeness (QED) is 0.290. The molecular weight excluding hydrogens is 494 g/mol. The van der Waals surface area contributed by atoms with Gasteiger partial charge >= 0.3 is 0 Å². The number of hydrogen-bond donors (Lipinski definition) is 2. The Morgan fingerprint density at radius 2 is 1.85 bits per heavy atom. The SMILES string of the molecule is COC1=C(CNC(=O)c2ccc3nc4c5c(c6ccccc6c4nc3c2)OC(C)(C)C(O)C5)C=CC(OC)C1. The van der Waals surface area contributed by atoms with Gasteiger partial charge in [-0.2, -0.15) is 0 Å². The Morgan fingerprint density at radius 1 is 1.08 bits per heavy atom. The van der Waals surface area contributed by atoms with E-state index < -0.39 is 11.7 Å². The van der Waals surface area contributed by atoms with Gasteiger partial charge in [0.25, 0.3) is 5.91 Å². The van der Waals surface area contributed by atoms with Gasteiger partial charge in [-0.05, 0) is 32.0 Å². The van der Waals surface area contributed by atoms with Crippen molar-refractivity contribution in [2.45, 2.75) is 44.5 Å². The van der Waals surface area contributed by atoms with Gasteiger partial charge in [0, 0.05) is 54.0 Å². The van der Waals surface area contributed by atoms with Crippen molar-refractivity contribution >= 4 is 38.7 Å². The van der Waals surface area contributed by atoms with Crippen LogP contribution in [0.5, 0.6) is 5.75 Å². The molecule has 8 nitrogen and oxygen atoms in total. The number of aliphatic hydroxyl groups is 1. The lowest BCUT2D eigenvalue weighted by atomic mass is 9.88. The molecule has 39 heavy (non-hydrogen) atoms. The molecule has 0 fully saturated rings. The number of carbonyl (C=O) groups excluding carboxylic acids is 1. The van der Waals surface area contributed by atoms with E-state index in [0.29, 0.717) is 41.5 Å². The third-order valence-electron chi connectivity index (χ3n) is 7.72. The van der Waals surface area contributed by atoms with E-state index in [1.807, 2.05) is 56.3 Å². The van der Waals surface area contributed by atoms with Gasteiger partial charge in [-0.25, -0.2) is 9.97 Å². The zero-order chi connectivity index (χ0) is 27.3. The first-order chi connectivity index (χ1) is 18.8. The van der Waals surface area contributed by atoms with E-state index in [9.17, 15) is 9.90 Å². The minimum atomic E-state index is -0.713. The summed E-state index contributed by atoms with van der Waals surface area (Å²) in [5.41, 5.74) is 4.26. The van der Waals surface area contributed by atoms with Crippen LogP contribution in [0, 0.1) is 0 Å². The highest BCUT2D eigenvalue weighted by molar-refractivity contribution is 6.11. The average Bonchev–Trinajstić information content (AvgIpc) is 2.95. The molecule has 200 valence electrons. The molecule has 2 aliphatic rings. The van der Waals surface area contributed by atoms with E-state index in [1.54, 1.807) is 26.4 Å². The molecule has 2 atom stereocenters. The molecule has 6 rings (SSSR count). The van der Waals surface area contributed by atoms with Gasteiger partial charge in [0.05, 0.1) is 41.4 Å². The second-order valence-corrected chi connectivity index (χ2v) is 10.6. The van der Waals surface area contributed by atoms with Crippen molar-refractivity contribution in [3.63, 3.8) is 0 Å². The van der Waals surface area contributed by atoms with Gasteiger partial charge in [0.1, 0.15) is 17.1 Å². The Morgan fingerprint density at radius 3 is 2.62 bits per heavy atom. The van der Waals surface area contributed by atoms with Gasteiger partial charge in [-0.15, -0.1) is 0 Å². The lowest BCUT2D eigenvalue weighted by molar-refractivity contribution is -0.0396. The fourth-order valence-electron chi connectivity index (χ4n) is 5.34. The number of aliphatic hydroxyl groups excluding tert-OH is 1. The Hall–Kier alpha value is -4.01. The number of carbonyl (C=O) groups is 1. The molecule has 1 amide bonds. The maximum absolute atomic E-state index is 13.1. The molecule has 2 unspecified atom stereocenters. The number of benzene rings is 3. The molecule has 3 aromatic carbocycles. The number of nitrogens with one attached hydrogen (secondary N) is 1. The molecule has 0 bridgehead atoms. The Kier molecular flexibility index (Phi) is 6.24. The summed E-state index contributed by atoms with van der Waals surface area (Å²) in [7, 11) is 3.29. The Labute approximate surface area is 226 Å². The van der Waals surface area contributed by atoms with Crippen LogP contribution >= 0.6 is 0 Å². The number of methoxy groups -OCH3 is 2. The van der Waals surface area contributed by atoms with Crippen LogP contribution in [-0.2, 0) is 15.9 Å². The molecule has 0 saturated carbocycles. The standard InChI is InChI=1S/C31H31N3O5/c1-31(2)26(35)15-22-28-27(20-7-5-6-8-21(20)29(22)39-31)34-24-13-17(10-12-23(24)33-28)30(36)32-16-18-9-11-19(37-3)14-25(18)38-4/h5-13,19,26,35H,14-16H2,1-4H3,(H,32,36). The average molecular weight is 526 g/mol. The van der Waals surface area contributed by atoms with Crippen molar-refractivity contribution in [1.82, 2.24) is 15.3 Å². The largest absolute Gasteiger partial charge is 0.501 e. The first kappa shape index (κ1) is 25.3. The van der Waals surface area contributed by atoms with Crippen LogP contribution in [0.3, 0.4) is 0 Å². The van der Waals surface area contributed by atoms with Crippen LogP contribution < -0.4 is 10.1 Å². The highest BCUT2D eigenvalue weighted by Gasteiger charge is 2.38. The third-order valence-corrected chi connectivity index (χ3v) is 7.72. The van der Waals surface area contributed by atoms with Crippen LogP contribution in [0.1, 0.15) is 36.2 Å². The molecule has 8 heteroatoms. The first-order valence-electron chi connectivity index (χ1n) is 13.1. The number of fused-ring (bicyclic) bond motifs is 7. The monoisotopic (exact) mass is 525 g/mol. The summed E-state index contributed by atoms with van der Waals surface area (Å²) in [5.74, 6) is 1.34. The summed E-state index contributed by atoms with van der Waals surface area (Å²) in [6.45, 7) is 4.13. The number of hydrogen-bond acceptors (Lipinski definition) is 7. The van der Waals surface area contributed by atoms with Crippen molar-refractivity contribution < 1.29 is 24.1 Å². The third kappa shape index (κ3) is 4.39. The fourth-order valence-corrected chi connectivity index (χ4v) is 5.34. The molecule has 1 aliphatic heterocycles. The molecular formula is C31H31N3O5. The molecule has 0 spiro atoms. The summed E-state index contributed by atoms with van der Waals surface area (Å²) < 4.78 is 17.2. The van der Waals surface area contributed by atoms with E-state index in [2.05, 4.69) is 5.32 Å². The predicted octanol–water partition coefficient (Wildman–Crippen LogP) is 4.62. The molecule has 4 aromatic rings. The van der Waals surface area contributed by atoms with Crippen LogP contribution in [0.25, 0.3) is 32.8 Å². The molecule has 1 aromatic heterocycles. The molecule has 2 N–H and O–H groups in total. The molecule has 0 radical (unpaired) electrons. The smallest absolute Gasteiger partial charge is 0.251 e. The highest BCUT2D eigenvalue weighted by atomic mass is 16.5. The van der Waals surface area contributed by atoms with Gasteiger partial charge in [-0.1, -0.05) is 36.4 Å². The minimum Gasteiger partial charge on any atom is -0.501 e. The van der Waals surface area contributed by atoms with Crippen LogP contribution in [0.4, 0.5) is 0 Å². The molecule has 1 aliphatic carbocycles. The minimum absolute atomic E-state index is 0.0312. The fraction of sp³-hybridized carbons (Fsp3) is 0.323. The van der Waals surface area contributed by atoms with E-state index in [4.69, 9.17) is 24.2 Å². The van der Waals surface area contributed by atoms with Crippen molar-refractivity contribution in [3.8, 4) is 5.75 Å². The maximum Gasteiger partial charge on any atom is 0.251 e. The van der Waals surface area contributed by atoms with Gasteiger partial charge in [0.15, 0.2) is 0 Å². The molecule has 2 heterocycles. The van der Waals surface area contributed by atoms with E-state index in [0.717, 1.165) is 38.9 Å². The zero-order valence-corrected chi connectivity index (χ0v) is 22.4. The number of nitrogens with zero attached hydrogens (tertiary/aromatic N) is 2. The molecule has 0 saturated heterocycles. The summed E-state index contributed by atoms with van der Waals surface area (Å²) in [6, 6.07) is 13.3. The van der Waals surface area contributed by atoms with Gasteiger partial charge < -0.3 is 24.6 Å². The highest BCUT2D eigenvalue weighted by Crippen LogP contribution is 2.43.